The van der Waals surface area contributed by atoms with Crippen LogP contribution >= 0.6 is 47.8 Å². The van der Waals surface area contributed by atoms with Gasteiger partial charge in [-0.3, -0.25) is 0 Å². The zero-order chi connectivity index (χ0) is 35.7. The molecule has 0 aromatic heterocycles. The van der Waals surface area contributed by atoms with Crippen molar-refractivity contribution in [2.45, 2.75) is 127 Å². The van der Waals surface area contributed by atoms with E-state index in [-0.39, 0.29) is 68.1 Å². The molecule has 0 saturated heterocycles. The topological polar surface area (TPSA) is 50.1 Å². The quantitative estimate of drug-likeness (QED) is 0.107. The van der Waals surface area contributed by atoms with E-state index in [0.29, 0.717) is 4.83 Å². The van der Waals surface area contributed by atoms with Gasteiger partial charge in [0, 0.05) is 69.7 Å². The first-order valence-corrected chi connectivity index (χ1v) is 22.7. The molecular formula is C39H84Br5Fe2N5. The largest absolute Gasteiger partial charge is 1.00 e. The maximum atomic E-state index is 4.98. The molecular weight excluding hydrogens is 1050 g/mol. The Morgan fingerprint density at radius 2 is 0.980 bits per heavy atom. The van der Waals surface area contributed by atoms with Crippen LogP contribution in [-0.4, -0.2) is 113 Å². The smallest absolute Gasteiger partial charge is 0.0967 e. The zero-order valence-corrected chi connectivity index (χ0v) is 44.0. The maximum absolute atomic E-state index is 4.98. The predicted molar refractivity (Wildman–Crippen MR) is 226 cm³/mol. The summed E-state index contributed by atoms with van der Waals surface area (Å²) in [5.74, 6) is 1.97. The summed E-state index contributed by atoms with van der Waals surface area (Å²) in [4.78, 5) is 0.649. The van der Waals surface area contributed by atoms with Crippen LogP contribution in [0.3, 0.4) is 0 Å². The number of halogens is 5. The summed E-state index contributed by atoms with van der Waals surface area (Å²) in [6.07, 6.45) is 29.9. The van der Waals surface area contributed by atoms with Gasteiger partial charge in [0.15, 0.2) is 0 Å². The molecule has 0 heterocycles. The van der Waals surface area contributed by atoms with Crippen molar-refractivity contribution in [3.8, 4) is 0 Å². The molecule has 4 N–H and O–H groups in total. The number of likely N-dealkylation sites (N-methyl/N-ethyl adjacent to an activating group) is 1. The van der Waals surface area contributed by atoms with Crippen molar-refractivity contribution >= 4 is 47.8 Å². The van der Waals surface area contributed by atoms with Gasteiger partial charge < -0.3 is 59.3 Å². The van der Waals surface area contributed by atoms with Crippen LogP contribution in [0.4, 0.5) is 0 Å². The first-order valence-electron chi connectivity index (χ1n) is 19.5. The Labute approximate surface area is 387 Å². The summed E-state index contributed by atoms with van der Waals surface area (Å²) in [5, 5.41) is 8.15. The first kappa shape index (κ1) is 65.8. The Morgan fingerprint density at radius 1 is 0.647 bits per heavy atom. The molecule has 0 spiro atoms. The third kappa shape index (κ3) is 49.1. The molecule has 0 bridgehead atoms. The van der Waals surface area contributed by atoms with Gasteiger partial charge in [-0.1, -0.05) is 144 Å². The van der Waals surface area contributed by atoms with Gasteiger partial charge in [0.1, 0.15) is 0 Å². The molecule has 4 aliphatic rings. The molecule has 1 atom stereocenters. The van der Waals surface area contributed by atoms with Crippen molar-refractivity contribution in [1.29, 1.82) is 0 Å². The number of alkyl halides is 3. The Kier molecular flexibility index (Phi) is 61.1. The summed E-state index contributed by atoms with van der Waals surface area (Å²) in [5.41, 5.74) is 4.98. The van der Waals surface area contributed by atoms with E-state index in [0.717, 1.165) is 53.2 Å². The van der Waals surface area contributed by atoms with Gasteiger partial charge in [-0.05, 0) is 58.8 Å². The van der Waals surface area contributed by atoms with E-state index in [2.05, 4.69) is 93.2 Å². The van der Waals surface area contributed by atoms with Crippen LogP contribution in [0.1, 0.15) is 122 Å². The second-order valence-electron chi connectivity index (χ2n) is 15.5. The molecule has 4 rings (SSSR count). The van der Waals surface area contributed by atoms with Gasteiger partial charge in [-0.2, -0.15) is 0 Å². The van der Waals surface area contributed by atoms with Gasteiger partial charge in [0.2, 0.25) is 0 Å². The van der Waals surface area contributed by atoms with Crippen molar-refractivity contribution in [1.82, 2.24) is 10.6 Å². The van der Waals surface area contributed by atoms with Gasteiger partial charge in [0.05, 0.1) is 59.2 Å². The summed E-state index contributed by atoms with van der Waals surface area (Å²) in [6.45, 7) is 11.8. The fraction of sp³-hybridized carbons (Fsp3) is 0.949. The van der Waals surface area contributed by atoms with Crippen LogP contribution in [0.2, 0.25) is 0 Å². The molecule has 0 amide bonds. The van der Waals surface area contributed by atoms with Crippen molar-refractivity contribution < 1.29 is 77.1 Å². The Bertz CT molecular complexity index is 620. The molecule has 0 aromatic carbocycles. The van der Waals surface area contributed by atoms with Crippen LogP contribution < -0.4 is 50.3 Å². The van der Waals surface area contributed by atoms with Crippen LogP contribution in [-0.2, 0) is 34.1 Å². The van der Waals surface area contributed by atoms with Crippen molar-refractivity contribution in [2.24, 2.45) is 17.6 Å². The zero-order valence-electron chi connectivity index (χ0n) is 33.9. The number of hydrogen-bond donors (Lipinski definition) is 3. The molecule has 0 radical (unpaired) electrons. The molecule has 1 unspecified atom stereocenters. The van der Waals surface area contributed by atoms with Gasteiger partial charge in [-0.15, -0.1) is 0 Å². The van der Waals surface area contributed by atoms with Crippen LogP contribution in [0.15, 0.2) is 12.7 Å². The molecule has 51 heavy (non-hydrogen) atoms. The van der Waals surface area contributed by atoms with E-state index in [4.69, 9.17) is 5.73 Å². The van der Waals surface area contributed by atoms with Crippen LogP contribution in [0.25, 0.3) is 0 Å². The molecule has 0 aliphatic heterocycles. The summed E-state index contributed by atoms with van der Waals surface area (Å²) >= 11 is 10.2. The minimum absolute atomic E-state index is 0. The fourth-order valence-electron chi connectivity index (χ4n) is 7.07. The van der Waals surface area contributed by atoms with Crippen molar-refractivity contribution in [3.05, 3.63) is 12.7 Å². The van der Waals surface area contributed by atoms with E-state index in [1.54, 1.807) is 0 Å². The number of nitrogens with two attached hydrogens (primary N) is 1. The van der Waals surface area contributed by atoms with Crippen LogP contribution in [0, 0.1) is 11.8 Å². The van der Waals surface area contributed by atoms with Crippen LogP contribution in [0.5, 0.6) is 0 Å². The molecule has 12 heteroatoms. The number of nitrogens with zero attached hydrogens (tertiary/aromatic N) is 2. The molecule has 4 fully saturated rings. The van der Waals surface area contributed by atoms with E-state index >= 15 is 0 Å². The molecule has 316 valence electrons. The predicted octanol–water partition coefficient (Wildman–Crippen LogP) is 3.91. The number of nitrogens with one attached hydrogen (secondary N) is 2. The maximum Gasteiger partial charge on any atom is 0.0967 e. The third-order valence-electron chi connectivity index (χ3n) is 9.43. The summed E-state index contributed by atoms with van der Waals surface area (Å²) in [6, 6.07) is 0. The normalized spacial score (nSPS) is 17.1. The number of quaternary nitrogens is 2. The summed E-state index contributed by atoms with van der Waals surface area (Å²) in [7, 11) is 13.3. The minimum Gasteiger partial charge on any atom is -1.00 e. The van der Waals surface area contributed by atoms with Crippen molar-refractivity contribution in [3.63, 3.8) is 0 Å². The number of rotatable bonds is 14. The molecule has 5 nitrogen and oxygen atoms in total. The average molecular weight is 1130 g/mol. The second-order valence-corrected chi connectivity index (χ2v) is 18.4. The fourth-order valence-corrected chi connectivity index (χ4v) is 8.48. The van der Waals surface area contributed by atoms with Crippen molar-refractivity contribution in [2.75, 3.05) is 98.8 Å². The first-order chi connectivity index (χ1) is 22.5. The Balaban J connectivity index is -0.000000127. The number of hydrogen-bond acceptors (Lipinski definition) is 3. The summed E-state index contributed by atoms with van der Waals surface area (Å²) < 4.78 is 2.29. The van der Waals surface area contributed by atoms with E-state index in [1.165, 1.54) is 146 Å². The Hall–Kier alpha value is 2.98. The minimum atomic E-state index is 0. The monoisotopic (exact) mass is 1130 g/mol. The Morgan fingerprint density at radius 3 is 1.24 bits per heavy atom. The van der Waals surface area contributed by atoms with Gasteiger partial charge in [-0.25, -0.2) is 0 Å². The third-order valence-corrected chi connectivity index (χ3v) is 11.0. The van der Waals surface area contributed by atoms with Gasteiger partial charge in [0.25, 0.3) is 0 Å². The standard InChI is InChI=1S/C13H28BrN2.C11H22N.2C5H10.C3H8BrN.C2H6BrN.2BrH.2Fe/c1-15-9-8-13(14)11-16(2,3)10-12-6-4-5-7-12;1-4-9-12(2,3)10-11-7-5-6-8-11;2*1-2-4-5-3-1;1-5-3-2-4;3-1-2-4;;;;/h12-13,15H,4-11H2,1-3H3;4,11H,1,5-10H2,2-3H3;2*1-5H2;5H,2-3H2,1H3;1-2,4H2;2*1H;;/q2*+1;;;;;;;;/p-2. The van der Waals surface area contributed by atoms with Gasteiger partial charge >= 0.3 is 0 Å². The SMILES string of the molecule is C1CCCC1.C1CCCC1.C=CC[N+](C)(C)CC1CCCC1.CNCCBr.CNCCC(Br)C[N+](C)(C)CC1CCCC1.NCCBr.[Br-].[Br-].[Fe].[Fe]. The second kappa shape index (κ2) is 47.4. The average Bonchev–Trinajstić information content (AvgIpc) is 3.86. The molecule has 4 aliphatic carbocycles. The molecule has 0 aromatic rings. The van der Waals surface area contributed by atoms with E-state index < -0.39 is 0 Å². The van der Waals surface area contributed by atoms with E-state index in [9.17, 15) is 0 Å². The van der Waals surface area contributed by atoms with E-state index in [1.807, 2.05) is 20.2 Å². The molecule has 4 saturated carbocycles.